The zero-order valence-electron chi connectivity index (χ0n) is 10.5. The second kappa shape index (κ2) is 7.39. The van der Waals surface area contributed by atoms with Crippen LogP contribution in [0.4, 0.5) is 5.69 Å². The van der Waals surface area contributed by atoms with Crippen molar-refractivity contribution in [3.05, 3.63) is 30.3 Å². The Hall–Kier alpha value is -1.06. The molecule has 0 bridgehead atoms. The van der Waals surface area contributed by atoms with E-state index in [0.29, 0.717) is 5.92 Å². The molecule has 0 spiro atoms. The Balaban J connectivity index is 0.00000162. The molecule has 2 rings (SSSR count). The van der Waals surface area contributed by atoms with Gasteiger partial charge in [-0.3, -0.25) is 4.79 Å². The van der Waals surface area contributed by atoms with E-state index in [-0.39, 0.29) is 24.2 Å². The standard InChI is InChI=1S/C14H20N2O.ClH/c15-10-11-6-8-12(9-7-11)14(17)16-13-4-2-1-3-5-13;/h1-5,11-12H,6-10,15H2,(H,16,17);1H/t11-,12-;. The lowest BCUT2D eigenvalue weighted by Crippen LogP contribution is -2.29. The zero-order chi connectivity index (χ0) is 12.1. The average Bonchev–Trinajstić information content (AvgIpc) is 2.40. The van der Waals surface area contributed by atoms with Crippen LogP contribution in [0.15, 0.2) is 30.3 Å². The summed E-state index contributed by atoms with van der Waals surface area (Å²) < 4.78 is 0. The van der Waals surface area contributed by atoms with Gasteiger partial charge in [0.1, 0.15) is 0 Å². The van der Waals surface area contributed by atoms with Gasteiger partial charge >= 0.3 is 0 Å². The molecule has 0 saturated heterocycles. The third-order valence-electron chi connectivity index (χ3n) is 3.59. The molecule has 0 aliphatic heterocycles. The fourth-order valence-corrected chi connectivity index (χ4v) is 2.43. The van der Waals surface area contributed by atoms with Crippen molar-refractivity contribution in [1.82, 2.24) is 0 Å². The molecule has 18 heavy (non-hydrogen) atoms. The van der Waals surface area contributed by atoms with Crippen LogP contribution < -0.4 is 11.1 Å². The van der Waals surface area contributed by atoms with Crippen molar-refractivity contribution < 1.29 is 4.79 Å². The number of hydrogen-bond donors (Lipinski definition) is 2. The van der Waals surface area contributed by atoms with E-state index < -0.39 is 0 Å². The summed E-state index contributed by atoms with van der Waals surface area (Å²) in [6, 6.07) is 9.65. The molecule has 1 aliphatic rings. The first-order chi connectivity index (χ1) is 8.29. The Morgan fingerprint density at radius 2 is 1.78 bits per heavy atom. The maximum absolute atomic E-state index is 12.0. The first kappa shape index (κ1) is 15.0. The predicted octanol–water partition coefficient (Wildman–Crippen LogP) is 2.81. The Labute approximate surface area is 115 Å². The molecule has 1 amide bonds. The van der Waals surface area contributed by atoms with Gasteiger partial charge in [-0.1, -0.05) is 18.2 Å². The largest absolute Gasteiger partial charge is 0.330 e. The molecule has 3 N–H and O–H groups in total. The van der Waals surface area contributed by atoms with Gasteiger partial charge in [-0.25, -0.2) is 0 Å². The summed E-state index contributed by atoms with van der Waals surface area (Å²) in [4.78, 5) is 12.0. The van der Waals surface area contributed by atoms with Crippen molar-refractivity contribution in [2.75, 3.05) is 11.9 Å². The second-order valence-electron chi connectivity index (χ2n) is 4.81. The predicted molar refractivity (Wildman–Crippen MR) is 76.8 cm³/mol. The van der Waals surface area contributed by atoms with Gasteiger partial charge in [-0.15, -0.1) is 12.4 Å². The van der Waals surface area contributed by atoms with Crippen LogP contribution in [0.5, 0.6) is 0 Å². The monoisotopic (exact) mass is 268 g/mol. The van der Waals surface area contributed by atoms with Crippen molar-refractivity contribution in [1.29, 1.82) is 0 Å². The molecule has 0 atom stereocenters. The topological polar surface area (TPSA) is 55.1 Å². The summed E-state index contributed by atoms with van der Waals surface area (Å²) in [5.74, 6) is 0.945. The number of hydrogen-bond acceptors (Lipinski definition) is 2. The average molecular weight is 269 g/mol. The fraction of sp³-hybridized carbons (Fsp3) is 0.500. The number of benzene rings is 1. The molecule has 0 aromatic heterocycles. The summed E-state index contributed by atoms with van der Waals surface area (Å²) in [5.41, 5.74) is 6.54. The van der Waals surface area contributed by atoms with E-state index in [0.717, 1.165) is 37.9 Å². The number of amides is 1. The number of nitrogens with two attached hydrogens (primary N) is 1. The number of anilines is 1. The van der Waals surface area contributed by atoms with Crippen molar-refractivity contribution in [2.24, 2.45) is 17.6 Å². The van der Waals surface area contributed by atoms with Crippen LogP contribution in [0.1, 0.15) is 25.7 Å². The summed E-state index contributed by atoms with van der Waals surface area (Å²) in [6.07, 6.45) is 4.12. The first-order valence-electron chi connectivity index (χ1n) is 6.35. The molecular formula is C14H21ClN2O. The minimum atomic E-state index is 0. The normalized spacial score (nSPS) is 22.9. The van der Waals surface area contributed by atoms with Crippen LogP contribution in [0, 0.1) is 11.8 Å². The first-order valence-corrected chi connectivity index (χ1v) is 6.35. The summed E-state index contributed by atoms with van der Waals surface area (Å²) in [7, 11) is 0. The quantitative estimate of drug-likeness (QED) is 0.886. The highest BCUT2D eigenvalue weighted by Crippen LogP contribution is 2.28. The molecule has 0 heterocycles. The lowest BCUT2D eigenvalue weighted by atomic mass is 9.81. The summed E-state index contributed by atoms with van der Waals surface area (Å²) in [5, 5.41) is 2.97. The van der Waals surface area contributed by atoms with E-state index >= 15 is 0 Å². The fourth-order valence-electron chi connectivity index (χ4n) is 2.43. The maximum atomic E-state index is 12.0. The van der Waals surface area contributed by atoms with Crippen LogP contribution in [0.25, 0.3) is 0 Å². The van der Waals surface area contributed by atoms with Crippen LogP contribution in [0.2, 0.25) is 0 Å². The Morgan fingerprint density at radius 1 is 1.17 bits per heavy atom. The van der Waals surface area contributed by atoms with Gasteiger partial charge in [0.05, 0.1) is 0 Å². The summed E-state index contributed by atoms with van der Waals surface area (Å²) in [6.45, 7) is 0.757. The number of nitrogens with one attached hydrogen (secondary N) is 1. The van der Waals surface area contributed by atoms with E-state index in [9.17, 15) is 4.79 Å². The Morgan fingerprint density at radius 3 is 2.33 bits per heavy atom. The van der Waals surface area contributed by atoms with E-state index in [1.165, 1.54) is 0 Å². The van der Waals surface area contributed by atoms with Crippen LogP contribution >= 0.6 is 12.4 Å². The summed E-state index contributed by atoms with van der Waals surface area (Å²) >= 11 is 0. The van der Waals surface area contributed by atoms with Crippen molar-refractivity contribution in [2.45, 2.75) is 25.7 Å². The molecule has 3 nitrogen and oxygen atoms in total. The van der Waals surface area contributed by atoms with Crippen LogP contribution in [0.3, 0.4) is 0 Å². The number of carbonyl (C=O) groups excluding carboxylic acids is 1. The minimum absolute atomic E-state index is 0. The third kappa shape index (κ3) is 4.00. The van der Waals surface area contributed by atoms with E-state index in [2.05, 4.69) is 5.32 Å². The van der Waals surface area contributed by atoms with Gasteiger partial charge in [0, 0.05) is 11.6 Å². The van der Waals surface area contributed by atoms with E-state index in [1.54, 1.807) is 0 Å². The van der Waals surface area contributed by atoms with Crippen molar-refractivity contribution >= 4 is 24.0 Å². The smallest absolute Gasteiger partial charge is 0.227 e. The van der Waals surface area contributed by atoms with Crippen LogP contribution in [-0.2, 0) is 4.79 Å². The maximum Gasteiger partial charge on any atom is 0.227 e. The van der Waals surface area contributed by atoms with Gasteiger partial charge in [0.15, 0.2) is 0 Å². The molecule has 0 unspecified atom stereocenters. The molecule has 1 aliphatic carbocycles. The SMILES string of the molecule is Cl.NC[C@H]1CC[C@H](C(=O)Nc2ccccc2)CC1. The third-order valence-corrected chi connectivity index (χ3v) is 3.59. The molecule has 4 heteroatoms. The highest BCUT2D eigenvalue weighted by atomic mass is 35.5. The lowest BCUT2D eigenvalue weighted by Gasteiger charge is -2.26. The highest BCUT2D eigenvalue weighted by Gasteiger charge is 2.25. The zero-order valence-corrected chi connectivity index (χ0v) is 11.3. The minimum Gasteiger partial charge on any atom is -0.330 e. The van der Waals surface area contributed by atoms with Crippen molar-refractivity contribution in [3.63, 3.8) is 0 Å². The van der Waals surface area contributed by atoms with Crippen LogP contribution in [-0.4, -0.2) is 12.5 Å². The second-order valence-corrected chi connectivity index (χ2v) is 4.81. The number of para-hydroxylation sites is 1. The molecule has 1 aromatic rings. The highest BCUT2D eigenvalue weighted by molar-refractivity contribution is 5.92. The lowest BCUT2D eigenvalue weighted by molar-refractivity contribution is -0.121. The van der Waals surface area contributed by atoms with Gasteiger partial charge in [-0.2, -0.15) is 0 Å². The van der Waals surface area contributed by atoms with Crippen molar-refractivity contribution in [3.8, 4) is 0 Å². The van der Waals surface area contributed by atoms with Gasteiger partial charge in [0.2, 0.25) is 5.91 Å². The molecule has 0 radical (unpaired) electrons. The van der Waals surface area contributed by atoms with Gasteiger partial charge in [0.25, 0.3) is 0 Å². The molecule has 1 fully saturated rings. The molecule has 1 aromatic carbocycles. The Kier molecular flexibility index (Phi) is 6.16. The van der Waals surface area contributed by atoms with E-state index in [1.807, 2.05) is 30.3 Å². The number of halogens is 1. The molecular weight excluding hydrogens is 248 g/mol. The Bertz CT molecular complexity index is 361. The number of rotatable bonds is 3. The molecule has 100 valence electrons. The van der Waals surface area contributed by atoms with Gasteiger partial charge in [-0.05, 0) is 50.3 Å². The molecule has 1 saturated carbocycles. The van der Waals surface area contributed by atoms with E-state index in [4.69, 9.17) is 5.73 Å². The number of carbonyl (C=O) groups is 1. The van der Waals surface area contributed by atoms with Gasteiger partial charge < -0.3 is 11.1 Å².